The number of para-hydroxylation sites is 1. The molecular weight excluding hydrogens is 432 g/mol. The lowest BCUT2D eigenvalue weighted by molar-refractivity contribution is 0.126. The number of nitrogens with one attached hydrogen (secondary N) is 3. The summed E-state index contributed by atoms with van der Waals surface area (Å²) in [4.78, 5) is 5.22. The number of H-pyrrole nitrogens is 1. The number of aromatic nitrogens is 1. The maximum Gasteiger partial charge on any atom is 0.269 e. The number of methoxy groups -OCH3 is 1. The lowest BCUT2D eigenvalue weighted by atomic mass is 9.96. The highest BCUT2D eigenvalue weighted by atomic mass is 35.5. The van der Waals surface area contributed by atoms with Crippen LogP contribution < -0.4 is 10.1 Å². The minimum atomic E-state index is -1.47. The van der Waals surface area contributed by atoms with Gasteiger partial charge in [0.15, 0.2) is 5.54 Å². The van der Waals surface area contributed by atoms with E-state index < -0.39 is 22.3 Å². The van der Waals surface area contributed by atoms with Gasteiger partial charge in [0.1, 0.15) is 17.1 Å². The van der Waals surface area contributed by atoms with Crippen molar-refractivity contribution in [3.63, 3.8) is 0 Å². The van der Waals surface area contributed by atoms with Crippen molar-refractivity contribution >= 4 is 51.2 Å². The number of benzene rings is 1. The first-order valence-electron chi connectivity index (χ1n) is 9.03. The molecule has 1 aromatic carbocycles. The van der Waals surface area contributed by atoms with E-state index in [4.69, 9.17) is 26.5 Å². The predicted octanol–water partition coefficient (Wildman–Crippen LogP) is 3.63. The molecule has 3 unspecified atom stereocenters. The van der Waals surface area contributed by atoms with Crippen LogP contribution in [0.4, 0.5) is 0 Å². The molecule has 7 nitrogen and oxygen atoms in total. The van der Waals surface area contributed by atoms with Gasteiger partial charge in [0.2, 0.25) is 5.96 Å². The fraction of sp³-hybridized carbons (Fsp3) is 0.316. The van der Waals surface area contributed by atoms with Crippen molar-refractivity contribution < 1.29 is 14.0 Å². The number of nitrogens with zero attached hydrogens (tertiary/aromatic N) is 1. The number of aromatic amines is 1. The summed E-state index contributed by atoms with van der Waals surface area (Å²) < 4.78 is 25.5. The molecule has 2 aliphatic heterocycles. The Balaban J connectivity index is 1.60. The average molecular weight is 451 g/mol. The Bertz CT molecular complexity index is 1120. The minimum absolute atomic E-state index is 0.103. The standard InChI is InChI=1S/C19H19ClN4O3S2/c1-24-18(21)23-19(6-7-27-17(19)29(24)25)16-11(20)9-14(28-16)12-8-10-4-3-5-13(26-2)15(10)22-12/h3-5,8-9,17,22H,6-7H2,1-2H3,(H2,21,23). The molecule has 5 rings (SSSR count). The van der Waals surface area contributed by atoms with E-state index in [-0.39, 0.29) is 5.96 Å². The topological polar surface area (TPSA) is 96.4 Å². The Morgan fingerprint density at radius 3 is 3.07 bits per heavy atom. The molecule has 2 aromatic heterocycles. The van der Waals surface area contributed by atoms with Crippen LogP contribution in [0.15, 0.2) is 30.3 Å². The van der Waals surface area contributed by atoms with Gasteiger partial charge >= 0.3 is 0 Å². The second-order valence-corrected chi connectivity index (χ2v) is 10.1. The van der Waals surface area contributed by atoms with Gasteiger partial charge in [0.25, 0.3) is 5.44 Å². The molecular formula is C19H19ClN4O3S2. The Hall–Kier alpha value is -1.91. The fourth-order valence-corrected chi connectivity index (χ4v) is 7.09. The smallest absolute Gasteiger partial charge is 0.269 e. The van der Waals surface area contributed by atoms with Gasteiger partial charge in [-0.15, -0.1) is 11.3 Å². The fourth-order valence-electron chi connectivity index (χ4n) is 3.98. The van der Waals surface area contributed by atoms with E-state index in [0.717, 1.165) is 32.1 Å². The molecule has 2 saturated heterocycles. The van der Waals surface area contributed by atoms with Crippen molar-refractivity contribution in [1.82, 2.24) is 14.6 Å². The van der Waals surface area contributed by atoms with Gasteiger partial charge in [0.05, 0.1) is 46.8 Å². The third-order valence-electron chi connectivity index (χ3n) is 5.47. The number of hydrogen-bond donors (Lipinski definition) is 3. The zero-order chi connectivity index (χ0) is 20.3. The SMILES string of the molecule is COc1cccc2cc(-c3cc(Cl)c(C45CCOC4[S+]([O-])N(C)C(=N)N5)s3)[nH]c12. The third-order valence-corrected chi connectivity index (χ3v) is 8.86. The molecule has 3 atom stereocenters. The Labute approximate surface area is 179 Å². The Kier molecular flexibility index (Phi) is 4.48. The molecule has 3 aromatic rings. The van der Waals surface area contributed by atoms with Gasteiger partial charge < -0.3 is 24.3 Å². The molecule has 0 amide bonds. The summed E-state index contributed by atoms with van der Waals surface area (Å²) >= 11 is 6.72. The molecule has 0 saturated carbocycles. The molecule has 0 bridgehead atoms. The van der Waals surface area contributed by atoms with Gasteiger partial charge in [-0.1, -0.05) is 23.7 Å². The quantitative estimate of drug-likeness (QED) is 0.529. The van der Waals surface area contributed by atoms with Gasteiger partial charge in [-0.2, -0.15) is 4.31 Å². The summed E-state index contributed by atoms with van der Waals surface area (Å²) in [6, 6.07) is 9.87. The minimum Gasteiger partial charge on any atom is -0.591 e. The largest absolute Gasteiger partial charge is 0.591 e. The van der Waals surface area contributed by atoms with Crippen LogP contribution in [0.25, 0.3) is 21.5 Å². The summed E-state index contributed by atoms with van der Waals surface area (Å²) in [5.74, 6) is 0.881. The Morgan fingerprint density at radius 2 is 2.28 bits per heavy atom. The molecule has 3 N–H and O–H groups in total. The summed E-state index contributed by atoms with van der Waals surface area (Å²) in [6.07, 6.45) is 0.597. The third kappa shape index (κ3) is 2.76. The van der Waals surface area contributed by atoms with Crippen molar-refractivity contribution in [3.05, 3.63) is 40.2 Å². The van der Waals surface area contributed by atoms with Crippen LogP contribution in [0, 0.1) is 5.41 Å². The highest BCUT2D eigenvalue weighted by Gasteiger charge is 2.60. The first-order valence-corrected chi connectivity index (χ1v) is 11.4. The summed E-state index contributed by atoms with van der Waals surface area (Å²) in [5, 5.41) is 13.1. The molecule has 0 aliphatic carbocycles. The number of fused-ring (bicyclic) bond motifs is 2. The van der Waals surface area contributed by atoms with Crippen molar-refractivity contribution in [3.8, 4) is 16.3 Å². The van der Waals surface area contributed by atoms with E-state index in [9.17, 15) is 4.55 Å². The zero-order valence-electron chi connectivity index (χ0n) is 15.7. The molecule has 2 aliphatic rings. The number of thiophene rings is 1. The van der Waals surface area contributed by atoms with Crippen molar-refractivity contribution in [2.24, 2.45) is 0 Å². The highest BCUT2D eigenvalue weighted by Crippen LogP contribution is 2.49. The van der Waals surface area contributed by atoms with Gasteiger partial charge in [-0.3, -0.25) is 5.41 Å². The molecule has 4 heterocycles. The summed E-state index contributed by atoms with van der Waals surface area (Å²) in [5.41, 5.74) is 0.502. The molecule has 152 valence electrons. The molecule has 10 heteroatoms. The van der Waals surface area contributed by atoms with Gasteiger partial charge in [-0.25, -0.2) is 0 Å². The average Bonchev–Trinajstić information content (AvgIpc) is 3.42. The molecule has 29 heavy (non-hydrogen) atoms. The lowest BCUT2D eigenvalue weighted by Gasteiger charge is -2.42. The predicted molar refractivity (Wildman–Crippen MR) is 116 cm³/mol. The normalized spacial score (nSPS) is 26.6. The zero-order valence-corrected chi connectivity index (χ0v) is 18.1. The van der Waals surface area contributed by atoms with Gasteiger partial charge in [0, 0.05) is 11.8 Å². The van der Waals surface area contributed by atoms with E-state index in [1.807, 2.05) is 24.3 Å². The van der Waals surface area contributed by atoms with E-state index >= 15 is 0 Å². The van der Waals surface area contributed by atoms with E-state index in [2.05, 4.69) is 16.4 Å². The van der Waals surface area contributed by atoms with Crippen LogP contribution >= 0.6 is 22.9 Å². The van der Waals surface area contributed by atoms with Gasteiger partial charge in [-0.05, 0) is 18.2 Å². The summed E-state index contributed by atoms with van der Waals surface area (Å²) in [7, 11) is 3.27. The van der Waals surface area contributed by atoms with Crippen molar-refractivity contribution in [2.45, 2.75) is 17.4 Å². The molecule has 0 spiro atoms. The van der Waals surface area contributed by atoms with Crippen LogP contribution in [0.5, 0.6) is 5.75 Å². The number of ether oxygens (including phenoxy) is 2. The van der Waals surface area contributed by atoms with Crippen LogP contribution in [-0.2, 0) is 21.6 Å². The van der Waals surface area contributed by atoms with Crippen molar-refractivity contribution in [1.29, 1.82) is 5.41 Å². The Morgan fingerprint density at radius 1 is 1.45 bits per heavy atom. The number of halogens is 1. The van der Waals surface area contributed by atoms with Crippen LogP contribution in [0.1, 0.15) is 11.3 Å². The first kappa shape index (κ1) is 19.1. The number of hydrogen-bond acceptors (Lipinski definition) is 5. The monoisotopic (exact) mass is 450 g/mol. The van der Waals surface area contributed by atoms with Crippen molar-refractivity contribution in [2.75, 3.05) is 20.8 Å². The van der Waals surface area contributed by atoms with Crippen LogP contribution in [-0.4, -0.2) is 46.0 Å². The number of guanidine groups is 1. The number of rotatable bonds is 3. The molecule has 0 radical (unpaired) electrons. The van der Waals surface area contributed by atoms with E-state index in [1.165, 1.54) is 15.6 Å². The molecule has 2 fully saturated rings. The lowest BCUT2D eigenvalue weighted by Crippen LogP contribution is -2.65. The van der Waals surface area contributed by atoms with E-state index in [0.29, 0.717) is 18.1 Å². The first-order chi connectivity index (χ1) is 13.9. The van der Waals surface area contributed by atoms with E-state index in [1.54, 1.807) is 14.2 Å². The maximum atomic E-state index is 12.8. The second kappa shape index (κ2) is 6.82. The highest BCUT2D eigenvalue weighted by molar-refractivity contribution is 7.90. The summed E-state index contributed by atoms with van der Waals surface area (Å²) in [6.45, 7) is 0.456. The second-order valence-electron chi connectivity index (χ2n) is 7.07. The van der Waals surface area contributed by atoms with Crippen LogP contribution in [0.3, 0.4) is 0 Å². The van der Waals surface area contributed by atoms with Crippen LogP contribution in [0.2, 0.25) is 5.02 Å². The maximum absolute atomic E-state index is 12.8.